The molecule has 1 aromatic carbocycles. The molecule has 0 bridgehead atoms. The van der Waals surface area contributed by atoms with E-state index in [2.05, 4.69) is 10.3 Å². The highest BCUT2D eigenvalue weighted by molar-refractivity contribution is 5.99. The molecule has 0 spiro atoms. The fourth-order valence-corrected chi connectivity index (χ4v) is 1.82. The Bertz CT molecular complexity index is 801. The highest BCUT2D eigenvalue weighted by Crippen LogP contribution is 2.16. The Morgan fingerprint density at radius 1 is 1.21 bits per heavy atom. The molecule has 0 fully saturated rings. The van der Waals surface area contributed by atoms with Crippen LogP contribution in [0.2, 0.25) is 0 Å². The summed E-state index contributed by atoms with van der Waals surface area (Å²) in [6.45, 7) is 2.61. The predicted molar refractivity (Wildman–Crippen MR) is 80.7 cm³/mol. The summed E-state index contributed by atoms with van der Waals surface area (Å²) in [5, 5.41) is 2.14. The van der Waals surface area contributed by atoms with Crippen molar-refractivity contribution >= 4 is 23.3 Å². The van der Waals surface area contributed by atoms with Crippen LogP contribution in [0.5, 0.6) is 0 Å². The minimum Gasteiger partial charge on any atom is -0.448 e. The van der Waals surface area contributed by atoms with Crippen molar-refractivity contribution in [2.75, 3.05) is 5.32 Å². The summed E-state index contributed by atoms with van der Waals surface area (Å²) in [6.07, 6.45) is 0.0791. The second-order valence-electron chi connectivity index (χ2n) is 5.02. The maximum Gasteiger partial charge on any atom is 0.355 e. The molecule has 0 aliphatic carbocycles. The van der Waals surface area contributed by atoms with Gasteiger partial charge < -0.3 is 15.0 Å². The molecule has 24 heavy (non-hydrogen) atoms. The molecular formula is C16H14F2N2O4. The van der Waals surface area contributed by atoms with Crippen LogP contribution in [0.1, 0.15) is 34.7 Å². The molecule has 2 aromatic rings. The van der Waals surface area contributed by atoms with E-state index in [1.807, 2.05) is 0 Å². The first-order chi connectivity index (χ1) is 11.3. The molecule has 1 heterocycles. The lowest BCUT2D eigenvalue weighted by molar-refractivity contribution is -0.123. The number of H-pyrrole nitrogens is 1. The number of carbonyl (C=O) groups is 3. The van der Waals surface area contributed by atoms with E-state index in [-0.39, 0.29) is 17.2 Å². The Morgan fingerprint density at radius 3 is 2.54 bits per heavy atom. The van der Waals surface area contributed by atoms with Gasteiger partial charge in [-0.15, -0.1) is 0 Å². The first-order valence-corrected chi connectivity index (χ1v) is 6.94. The molecule has 0 saturated heterocycles. The quantitative estimate of drug-likeness (QED) is 0.649. The van der Waals surface area contributed by atoms with Crippen LogP contribution in [0.25, 0.3) is 0 Å². The standard InChI is InChI=1S/C16H14F2N2O4/c1-8(21)10-5-14(19-7-10)16(23)24-9(2)15(22)20-13-6-11(17)3-4-12(13)18/h3-7,9,19H,1-2H3,(H,20,22)/t9-/m0/s1. The van der Waals surface area contributed by atoms with Crippen molar-refractivity contribution in [2.45, 2.75) is 20.0 Å². The number of halogens is 2. The summed E-state index contributed by atoms with van der Waals surface area (Å²) in [6, 6.07) is 3.88. The van der Waals surface area contributed by atoms with E-state index in [9.17, 15) is 23.2 Å². The van der Waals surface area contributed by atoms with Gasteiger partial charge in [-0.3, -0.25) is 9.59 Å². The zero-order chi connectivity index (χ0) is 17.9. The van der Waals surface area contributed by atoms with E-state index in [1.54, 1.807) is 0 Å². The van der Waals surface area contributed by atoms with Crippen molar-refractivity contribution in [2.24, 2.45) is 0 Å². The Morgan fingerprint density at radius 2 is 1.92 bits per heavy atom. The van der Waals surface area contributed by atoms with Crippen LogP contribution in [0.4, 0.5) is 14.5 Å². The first-order valence-electron chi connectivity index (χ1n) is 6.94. The predicted octanol–water partition coefficient (Wildman–Crippen LogP) is 2.68. The highest BCUT2D eigenvalue weighted by Gasteiger charge is 2.21. The van der Waals surface area contributed by atoms with Gasteiger partial charge in [-0.25, -0.2) is 13.6 Å². The number of benzene rings is 1. The third-order valence-corrected chi connectivity index (χ3v) is 3.15. The van der Waals surface area contributed by atoms with Crippen LogP contribution in [0.3, 0.4) is 0 Å². The highest BCUT2D eigenvalue weighted by atomic mass is 19.1. The fraction of sp³-hybridized carbons (Fsp3) is 0.188. The number of rotatable bonds is 5. The number of Topliss-reactive ketones (excluding diaryl/α,β-unsaturated/α-hetero) is 1. The first kappa shape index (κ1) is 17.3. The SMILES string of the molecule is CC(=O)c1c[nH]c(C(=O)O[C@@H](C)C(=O)Nc2cc(F)ccc2F)c1. The van der Waals surface area contributed by atoms with E-state index >= 15 is 0 Å². The van der Waals surface area contributed by atoms with Gasteiger partial charge in [-0.05, 0) is 32.0 Å². The molecule has 0 radical (unpaired) electrons. The minimum atomic E-state index is -1.26. The number of aromatic amines is 1. The third kappa shape index (κ3) is 4.03. The van der Waals surface area contributed by atoms with E-state index in [0.29, 0.717) is 5.56 Å². The topological polar surface area (TPSA) is 88.3 Å². The van der Waals surface area contributed by atoms with E-state index in [0.717, 1.165) is 18.2 Å². The number of anilines is 1. The van der Waals surface area contributed by atoms with Gasteiger partial charge in [0.25, 0.3) is 5.91 Å². The monoisotopic (exact) mass is 336 g/mol. The number of aromatic nitrogens is 1. The van der Waals surface area contributed by atoms with Gasteiger partial charge in [-0.1, -0.05) is 0 Å². The smallest absolute Gasteiger partial charge is 0.355 e. The lowest BCUT2D eigenvalue weighted by Crippen LogP contribution is -2.30. The number of esters is 1. The van der Waals surface area contributed by atoms with Crippen LogP contribution in [0.15, 0.2) is 30.5 Å². The summed E-state index contributed by atoms with van der Waals surface area (Å²) in [7, 11) is 0. The van der Waals surface area contributed by atoms with Crippen LogP contribution in [0, 0.1) is 11.6 Å². The molecule has 126 valence electrons. The van der Waals surface area contributed by atoms with Crippen LogP contribution in [-0.2, 0) is 9.53 Å². The van der Waals surface area contributed by atoms with Gasteiger partial charge in [0.15, 0.2) is 11.9 Å². The minimum absolute atomic E-state index is 0.00298. The Balaban J connectivity index is 2.01. The molecule has 6 nitrogen and oxygen atoms in total. The summed E-state index contributed by atoms with van der Waals surface area (Å²) in [4.78, 5) is 37.5. The Hall–Kier alpha value is -3.03. The van der Waals surface area contributed by atoms with Gasteiger partial charge in [-0.2, -0.15) is 0 Å². The van der Waals surface area contributed by atoms with Crippen molar-refractivity contribution in [1.82, 2.24) is 4.98 Å². The lowest BCUT2D eigenvalue weighted by atomic mass is 10.2. The van der Waals surface area contributed by atoms with Crippen molar-refractivity contribution in [1.29, 1.82) is 0 Å². The van der Waals surface area contributed by atoms with Gasteiger partial charge in [0.1, 0.15) is 17.3 Å². The van der Waals surface area contributed by atoms with Gasteiger partial charge in [0, 0.05) is 17.8 Å². The molecule has 1 amide bonds. The maximum atomic E-state index is 13.5. The maximum absolute atomic E-state index is 13.5. The number of carbonyl (C=O) groups excluding carboxylic acids is 3. The molecule has 1 atom stereocenters. The van der Waals surface area contributed by atoms with Gasteiger partial charge in [0.05, 0.1) is 5.69 Å². The van der Waals surface area contributed by atoms with Gasteiger partial charge in [0.2, 0.25) is 0 Å². The fourth-order valence-electron chi connectivity index (χ4n) is 1.82. The normalized spacial score (nSPS) is 11.7. The zero-order valence-electron chi connectivity index (χ0n) is 12.9. The Kier molecular flexibility index (Phi) is 5.08. The number of nitrogens with one attached hydrogen (secondary N) is 2. The largest absolute Gasteiger partial charge is 0.448 e. The third-order valence-electron chi connectivity index (χ3n) is 3.15. The summed E-state index contributed by atoms with van der Waals surface area (Å²) < 4.78 is 31.5. The molecule has 0 aliphatic heterocycles. The molecule has 0 unspecified atom stereocenters. The van der Waals surface area contributed by atoms with Crippen molar-refractivity contribution in [3.8, 4) is 0 Å². The van der Waals surface area contributed by atoms with E-state index in [4.69, 9.17) is 4.74 Å². The number of hydrogen-bond acceptors (Lipinski definition) is 4. The van der Waals surface area contributed by atoms with E-state index < -0.39 is 29.6 Å². The molecule has 2 rings (SSSR count). The molecule has 2 N–H and O–H groups in total. The average molecular weight is 336 g/mol. The molecular weight excluding hydrogens is 322 g/mol. The van der Waals surface area contributed by atoms with Crippen LogP contribution < -0.4 is 5.32 Å². The second-order valence-corrected chi connectivity index (χ2v) is 5.02. The average Bonchev–Trinajstić information content (AvgIpc) is 3.01. The zero-order valence-corrected chi connectivity index (χ0v) is 12.9. The summed E-state index contributed by atoms with van der Waals surface area (Å²) in [5.74, 6) is -3.47. The summed E-state index contributed by atoms with van der Waals surface area (Å²) >= 11 is 0. The summed E-state index contributed by atoms with van der Waals surface area (Å²) in [5.41, 5.74) is -0.0701. The van der Waals surface area contributed by atoms with Crippen molar-refractivity contribution in [3.05, 3.63) is 53.4 Å². The second kappa shape index (κ2) is 7.03. The molecule has 1 aromatic heterocycles. The molecule has 0 saturated carbocycles. The molecule has 0 aliphatic rings. The van der Waals surface area contributed by atoms with Crippen LogP contribution >= 0.6 is 0 Å². The number of ether oxygens (including phenoxy) is 1. The number of amides is 1. The number of ketones is 1. The number of hydrogen-bond donors (Lipinski definition) is 2. The Labute approximate surface area is 135 Å². The van der Waals surface area contributed by atoms with E-state index in [1.165, 1.54) is 26.1 Å². The lowest BCUT2D eigenvalue weighted by Gasteiger charge is -2.13. The van der Waals surface area contributed by atoms with Crippen LogP contribution in [-0.4, -0.2) is 28.7 Å². The van der Waals surface area contributed by atoms with Crippen molar-refractivity contribution < 1.29 is 27.9 Å². The molecule has 8 heteroatoms. The van der Waals surface area contributed by atoms with Gasteiger partial charge >= 0.3 is 5.97 Å². The van der Waals surface area contributed by atoms with Crippen molar-refractivity contribution in [3.63, 3.8) is 0 Å².